The first-order valence-corrected chi connectivity index (χ1v) is 8.24. The van der Waals surface area contributed by atoms with E-state index in [2.05, 4.69) is 9.46 Å². The van der Waals surface area contributed by atoms with Crippen molar-refractivity contribution in [2.75, 3.05) is 20.0 Å². The van der Waals surface area contributed by atoms with E-state index < -0.39 is 16.0 Å². The quantitative estimate of drug-likeness (QED) is 0.737. The Morgan fingerprint density at radius 3 is 2.38 bits per heavy atom. The summed E-state index contributed by atoms with van der Waals surface area (Å²) in [4.78, 5) is 11.0. The Kier molecular flexibility index (Phi) is 6.64. The maximum absolute atomic E-state index is 11.9. The second-order valence-electron chi connectivity index (χ2n) is 4.61. The molecule has 21 heavy (non-hydrogen) atoms. The van der Waals surface area contributed by atoms with Crippen LogP contribution in [0.3, 0.4) is 0 Å². The van der Waals surface area contributed by atoms with Crippen molar-refractivity contribution >= 4 is 16.0 Å². The third kappa shape index (κ3) is 6.14. The second-order valence-corrected chi connectivity index (χ2v) is 6.48. The van der Waals surface area contributed by atoms with Gasteiger partial charge in [-0.25, -0.2) is 13.1 Å². The number of carbonyl (C=O) groups excluding carboxylic acids is 1. The van der Waals surface area contributed by atoms with Crippen molar-refractivity contribution in [2.45, 2.75) is 25.8 Å². The standard InChI is InChI=1S/C14H21NO5S/c1-11(12-6-8-13(19-2)9-7-12)15-21(17,18)10-4-5-14(16)20-3/h6-9,11,15H,4-5,10H2,1-3H3. The molecule has 0 heterocycles. The van der Waals surface area contributed by atoms with Crippen molar-refractivity contribution in [1.82, 2.24) is 4.72 Å². The first-order chi connectivity index (χ1) is 9.88. The molecule has 0 bridgehead atoms. The lowest BCUT2D eigenvalue weighted by Gasteiger charge is -2.15. The minimum absolute atomic E-state index is 0.0916. The number of ether oxygens (including phenoxy) is 2. The van der Waals surface area contributed by atoms with E-state index in [0.717, 1.165) is 5.56 Å². The minimum Gasteiger partial charge on any atom is -0.497 e. The van der Waals surface area contributed by atoms with Gasteiger partial charge in [0.25, 0.3) is 0 Å². The van der Waals surface area contributed by atoms with E-state index in [-0.39, 0.29) is 24.6 Å². The van der Waals surface area contributed by atoms with Crippen LogP contribution in [-0.4, -0.2) is 34.4 Å². The molecule has 0 saturated heterocycles. The largest absolute Gasteiger partial charge is 0.497 e. The zero-order valence-corrected chi connectivity index (χ0v) is 13.3. The van der Waals surface area contributed by atoms with Crippen molar-refractivity contribution in [3.63, 3.8) is 0 Å². The normalized spacial score (nSPS) is 12.7. The Balaban J connectivity index is 2.54. The molecule has 0 radical (unpaired) electrons. The van der Waals surface area contributed by atoms with E-state index in [0.29, 0.717) is 5.75 Å². The predicted octanol–water partition coefficient (Wildman–Crippen LogP) is 1.63. The summed E-state index contributed by atoms with van der Waals surface area (Å²) >= 11 is 0. The molecule has 0 aliphatic rings. The van der Waals surface area contributed by atoms with E-state index in [1.165, 1.54) is 7.11 Å². The summed E-state index contributed by atoms with van der Waals surface area (Å²) in [5.41, 5.74) is 0.840. The lowest BCUT2D eigenvalue weighted by Crippen LogP contribution is -2.29. The summed E-state index contributed by atoms with van der Waals surface area (Å²) in [6.45, 7) is 1.76. The van der Waals surface area contributed by atoms with Crippen LogP contribution in [0.25, 0.3) is 0 Å². The maximum Gasteiger partial charge on any atom is 0.305 e. The lowest BCUT2D eigenvalue weighted by atomic mass is 10.1. The van der Waals surface area contributed by atoms with Crippen LogP contribution >= 0.6 is 0 Å². The van der Waals surface area contributed by atoms with Gasteiger partial charge in [0.05, 0.1) is 20.0 Å². The fourth-order valence-electron chi connectivity index (χ4n) is 1.80. The number of hydrogen-bond donors (Lipinski definition) is 1. The third-order valence-electron chi connectivity index (χ3n) is 2.99. The average molecular weight is 315 g/mol. The molecule has 118 valence electrons. The number of hydrogen-bond acceptors (Lipinski definition) is 5. The average Bonchev–Trinajstić information content (AvgIpc) is 2.46. The highest BCUT2D eigenvalue weighted by Gasteiger charge is 2.16. The van der Waals surface area contributed by atoms with Crippen LogP contribution in [-0.2, 0) is 19.6 Å². The van der Waals surface area contributed by atoms with Gasteiger partial charge in [0.15, 0.2) is 0 Å². The SMILES string of the molecule is COC(=O)CCCS(=O)(=O)NC(C)c1ccc(OC)cc1. The van der Waals surface area contributed by atoms with Gasteiger partial charge in [-0.2, -0.15) is 0 Å². The molecule has 0 saturated carbocycles. The van der Waals surface area contributed by atoms with E-state index >= 15 is 0 Å². The van der Waals surface area contributed by atoms with E-state index in [1.807, 2.05) is 0 Å². The zero-order valence-electron chi connectivity index (χ0n) is 12.5. The molecule has 0 spiro atoms. The number of nitrogens with one attached hydrogen (secondary N) is 1. The van der Waals surface area contributed by atoms with Crippen LogP contribution in [0.15, 0.2) is 24.3 Å². The zero-order chi connectivity index (χ0) is 15.9. The molecule has 0 fully saturated rings. The Morgan fingerprint density at radius 1 is 1.24 bits per heavy atom. The first kappa shape index (κ1) is 17.5. The van der Waals surface area contributed by atoms with Gasteiger partial charge < -0.3 is 9.47 Å². The topological polar surface area (TPSA) is 81.7 Å². The monoisotopic (exact) mass is 315 g/mol. The number of methoxy groups -OCH3 is 2. The highest BCUT2D eigenvalue weighted by atomic mass is 32.2. The third-order valence-corrected chi connectivity index (χ3v) is 4.53. The van der Waals surface area contributed by atoms with Crippen LogP contribution in [0.1, 0.15) is 31.4 Å². The van der Waals surface area contributed by atoms with Gasteiger partial charge in [0, 0.05) is 12.5 Å². The fourth-order valence-corrected chi connectivity index (χ4v) is 3.11. The van der Waals surface area contributed by atoms with Crippen molar-refractivity contribution in [3.05, 3.63) is 29.8 Å². The highest BCUT2D eigenvalue weighted by Crippen LogP contribution is 2.18. The fraction of sp³-hybridized carbons (Fsp3) is 0.500. The molecular weight excluding hydrogens is 294 g/mol. The second kappa shape index (κ2) is 7.99. The molecule has 1 N–H and O–H groups in total. The van der Waals surface area contributed by atoms with Gasteiger partial charge in [0.2, 0.25) is 10.0 Å². The van der Waals surface area contributed by atoms with E-state index in [9.17, 15) is 13.2 Å². The number of sulfonamides is 1. The van der Waals surface area contributed by atoms with E-state index in [4.69, 9.17) is 4.74 Å². The Morgan fingerprint density at radius 2 is 1.86 bits per heavy atom. The Labute approximate surface area is 125 Å². The van der Waals surface area contributed by atoms with Gasteiger partial charge in [-0.3, -0.25) is 4.79 Å². The molecule has 1 aromatic rings. The smallest absolute Gasteiger partial charge is 0.305 e. The molecule has 0 aliphatic carbocycles. The number of esters is 1. The summed E-state index contributed by atoms with van der Waals surface area (Å²) in [5.74, 6) is 0.197. The highest BCUT2D eigenvalue weighted by molar-refractivity contribution is 7.89. The summed E-state index contributed by atoms with van der Waals surface area (Å²) in [5, 5.41) is 0. The van der Waals surface area contributed by atoms with Crippen LogP contribution < -0.4 is 9.46 Å². The van der Waals surface area contributed by atoms with Crippen molar-refractivity contribution < 1.29 is 22.7 Å². The molecule has 1 atom stereocenters. The van der Waals surface area contributed by atoms with E-state index in [1.54, 1.807) is 38.3 Å². The molecular formula is C14H21NO5S. The van der Waals surface area contributed by atoms with Gasteiger partial charge in [-0.1, -0.05) is 12.1 Å². The molecule has 0 aromatic heterocycles. The lowest BCUT2D eigenvalue weighted by molar-refractivity contribution is -0.140. The molecule has 0 amide bonds. The minimum atomic E-state index is -3.44. The van der Waals surface area contributed by atoms with Crippen molar-refractivity contribution in [1.29, 1.82) is 0 Å². The summed E-state index contributed by atoms with van der Waals surface area (Å²) < 4.78 is 35.9. The molecule has 1 unspecified atom stereocenters. The summed E-state index contributed by atoms with van der Waals surface area (Å²) in [7, 11) is -0.587. The molecule has 1 rings (SSSR count). The summed E-state index contributed by atoms with van der Waals surface area (Å²) in [6, 6.07) is 6.81. The predicted molar refractivity (Wildman–Crippen MR) is 79.6 cm³/mol. The molecule has 0 aliphatic heterocycles. The first-order valence-electron chi connectivity index (χ1n) is 6.58. The number of carbonyl (C=O) groups is 1. The van der Waals surface area contributed by atoms with Crippen LogP contribution in [0.4, 0.5) is 0 Å². The Hall–Kier alpha value is -1.60. The van der Waals surface area contributed by atoms with Crippen molar-refractivity contribution in [3.8, 4) is 5.75 Å². The van der Waals surface area contributed by atoms with Crippen molar-refractivity contribution in [2.24, 2.45) is 0 Å². The van der Waals surface area contributed by atoms with Gasteiger partial charge in [-0.05, 0) is 31.0 Å². The molecule has 6 nitrogen and oxygen atoms in total. The molecule has 1 aromatic carbocycles. The van der Waals surface area contributed by atoms with Crippen LogP contribution in [0.5, 0.6) is 5.75 Å². The number of benzene rings is 1. The maximum atomic E-state index is 11.9. The van der Waals surface area contributed by atoms with Gasteiger partial charge in [0.1, 0.15) is 5.75 Å². The molecule has 7 heteroatoms. The Bertz CT molecular complexity index is 553. The summed E-state index contributed by atoms with van der Waals surface area (Å²) in [6.07, 6.45) is 0.325. The van der Waals surface area contributed by atoms with Gasteiger partial charge in [-0.15, -0.1) is 0 Å². The number of rotatable bonds is 8. The van der Waals surface area contributed by atoms with Crippen LogP contribution in [0, 0.1) is 0 Å². The van der Waals surface area contributed by atoms with Gasteiger partial charge >= 0.3 is 5.97 Å². The van der Waals surface area contributed by atoms with Crippen LogP contribution in [0.2, 0.25) is 0 Å².